The van der Waals surface area contributed by atoms with E-state index in [2.05, 4.69) is 26.2 Å². The van der Waals surface area contributed by atoms with E-state index in [1.807, 2.05) is 17.5 Å². The molecule has 88 valence electrons. The monoisotopic (exact) mass is 312 g/mol. The molecule has 0 aliphatic carbocycles. The molecule has 2 rings (SSSR count). The standard InChI is InChI=1S/C11H9BrN2O2S/c1-7(15)13-8-4-2-3-5-9(8)16-11-14-10(12)6-17-11/h2-6H,1H3,(H,13,15). The van der Waals surface area contributed by atoms with Crippen molar-refractivity contribution in [2.24, 2.45) is 0 Å². The normalized spacial score (nSPS) is 10.0. The molecule has 0 bridgehead atoms. The van der Waals surface area contributed by atoms with Crippen LogP contribution in [0.4, 0.5) is 5.69 Å². The maximum Gasteiger partial charge on any atom is 0.279 e. The van der Waals surface area contributed by atoms with Gasteiger partial charge in [-0.1, -0.05) is 23.5 Å². The molecular formula is C11H9BrN2O2S. The molecule has 1 amide bonds. The van der Waals surface area contributed by atoms with Crippen molar-refractivity contribution in [1.82, 2.24) is 4.98 Å². The number of amides is 1. The Morgan fingerprint density at radius 1 is 1.47 bits per heavy atom. The summed E-state index contributed by atoms with van der Waals surface area (Å²) in [5.74, 6) is 0.436. The second-order valence-corrected chi connectivity index (χ2v) is 4.85. The summed E-state index contributed by atoms with van der Waals surface area (Å²) in [6.45, 7) is 1.46. The minimum Gasteiger partial charge on any atom is -0.429 e. The number of thiazole rings is 1. The molecule has 0 saturated heterocycles. The number of ether oxygens (including phenoxy) is 1. The predicted octanol–water partition coefficient (Wildman–Crippen LogP) is 3.66. The first-order chi connectivity index (χ1) is 8.15. The van der Waals surface area contributed by atoms with Crippen LogP contribution in [-0.2, 0) is 4.79 Å². The van der Waals surface area contributed by atoms with Crippen LogP contribution < -0.4 is 10.1 Å². The van der Waals surface area contributed by atoms with E-state index < -0.39 is 0 Å². The Kier molecular flexibility index (Phi) is 3.75. The van der Waals surface area contributed by atoms with E-state index in [4.69, 9.17) is 4.74 Å². The van der Waals surface area contributed by atoms with Gasteiger partial charge in [-0.2, -0.15) is 4.98 Å². The zero-order valence-electron chi connectivity index (χ0n) is 8.94. The third-order valence-electron chi connectivity index (χ3n) is 1.85. The van der Waals surface area contributed by atoms with Crippen LogP contribution in [0.15, 0.2) is 34.2 Å². The number of nitrogens with zero attached hydrogens (tertiary/aromatic N) is 1. The van der Waals surface area contributed by atoms with E-state index in [0.29, 0.717) is 16.6 Å². The number of carbonyl (C=O) groups excluding carboxylic acids is 1. The third-order valence-corrected chi connectivity index (χ3v) is 3.28. The lowest BCUT2D eigenvalue weighted by molar-refractivity contribution is -0.114. The van der Waals surface area contributed by atoms with Crippen molar-refractivity contribution in [1.29, 1.82) is 0 Å². The summed E-state index contributed by atoms with van der Waals surface area (Å²) in [5, 5.41) is 5.05. The molecule has 0 atom stereocenters. The van der Waals surface area contributed by atoms with Crippen molar-refractivity contribution in [3.63, 3.8) is 0 Å². The van der Waals surface area contributed by atoms with Crippen molar-refractivity contribution >= 4 is 38.9 Å². The predicted molar refractivity (Wildman–Crippen MR) is 70.6 cm³/mol. The Bertz CT molecular complexity index is 542. The molecule has 6 heteroatoms. The van der Waals surface area contributed by atoms with Crippen LogP contribution in [0.5, 0.6) is 10.9 Å². The summed E-state index contributed by atoms with van der Waals surface area (Å²) in [4.78, 5) is 15.2. The summed E-state index contributed by atoms with van der Waals surface area (Å²) in [7, 11) is 0. The first-order valence-corrected chi connectivity index (χ1v) is 6.48. The SMILES string of the molecule is CC(=O)Nc1ccccc1Oc1nc(Br)cs1. The van der Waals surface area contributed by atoms with Crippen molar-refractivity contribution in [2.45, 2.75) is 6.92 Å². The van der Waals surface area contributed by atoms with Gasteiger partial charge in [-0.3, -0.25) is 4.79 Å². The number of para-hydroxylation sites is 2. The van der Waals surface area contributed by atoms with Gasteiger partial charge in [-0.05, 0) is 28.1 Å². The fraction of sp³-hybridized carbons (Fsp3) is 0.0909. The number of carbonyl (C=O) groups is 1. The van der Waals surface area contributed by atoms with Gasteiger partial charge in [0.05, 0.1) is 5.69 Å². The van der Waals surface area contributed by atoms with E-state index in [-0.39, 0.29) is 5.91 Å². The summed E-state index contributed by atoms with van der Waals surface area (Å²) in [6, 6.07) is 7.22. The Labute approximate surface area is 111 Å². The van der Waals surface area contributed by atoms with Crippen LogP contribution >= 0.6 is 27.3 Å². The number of aromatic nitrogens is 1. The van der Waals surface area contributed by atoms with Crippen LogP contribution in [0.2, 0.25) is 0 Å². The van der Waals surface area contributed by atoms with Gasteiger partial charge in [0.15, 0.2) is 5.75 Å². The molecular weight excluding hydrogens is 304 g/mol. The van der Waals surface area contributed by atoms with Crippen LogP contribution in [0, 0.1) is 0 Å². The van der Waals surface area contributed by atoms with E-state index in [0.717, 1.165) is 4.60 Å². The smallest absolute Gasteiger partial charge is 0.279 e. The highest BCUT2D eigenvalue weighted by Gasteiger charge is 2.07. The molecule has 0 unspecified atom stereocenters. The number of benzene rings is 1. The van der Waals surface area contributed by atoms with Gasteiger partial charge in [-0.25, -0.2) is 0 Å². The molecule has 0 spiro atoms. The minimum atomic E-state index is -0.138. The zero-order valence-corrected chi connectivity index (χ0v) is 11.3. The van der Waals surface area contributed by atoms with Crippen molar-refractivity contribution in [3.05, 3.63) is 34.2 Å². The van der Waals surface area contributed by atoms with Gasteiger partial charge in [0.2, 0.25) is 5.91 Å². The largest absolute Gasteiger partial charge is 0.429 e. The lowest BCUT2D eigenvalue weighted by Gasteiger charge is -2.08. The maximum absolute atomic E-state index is 11.0. The average Bonchev–Trinajstić information content (AvgIpc) is 2.66. The Balaban J connectivity index is 2.23. The first-order valence-electron chi connectivity index (χ1n) is 4.80. The summed E-state index contributed by atoms with van der Waals surface area (Å²) in [6.07, 6.45) is 0. The molecule has 17 heavy (non-hydrogen) atoms. The van der Waals surface area contributed by atoms with E-state index in [9.17, 15) is 4.79 Å². The van der Waals surface area contributed by atoms with E-state index in [1.165, 1.54) is 18.3 Å². The summed E-state index contributed by atoms with van der Waals surface area (Å²) in [5.41, 5.74) is 0.631. The molecule has 4 nitrogen and oxygen atoms in total. The van der Waals surface area contributed by atoms with Crippen LogP contribution in [0.1, 0.15) is 6.92 Å². The van der Waals surface area contributed by atoms with Crippen LogP contribution in [0.25, 0.3) is 0 Å². The number of halogens is 1. The molecule has 2 aromatic rings. The molecule has 1 N–H and O–H groups in total. The number of anilines is 1. The third kappa shape index (κ3) is 3.28. The number of rotatable bonds is 3. The van der Waals surface area contributed by atoms with Crippen molar-refractivity contribution < 1.29 is 9.53 Å². The summed E-state index contributed by atoms with van der Waals surface area (Å²) < 4.78 is 6.32. The topological polar surface area (TPSA) is 51.2 Å². The van der Waals surface area contributed by atoms with Crippen LogP contribution in [-0.4, -0.2) is 10.9 Å². The van der Waals surface area contributed by atoms with Crippen LogP contribution in [0.3, 0.4) is 0 Å². The fourth-order valence-electron chi connectivity index (χ4n) is 1.23. The van der Waals surface area contributed by atoms with Gasteiger partial charge < -0.3 is 10.1 Å². The molecule has 1 aromatic carbocycles. The molecule has 1 aromatic heterocycles. The molecule has 1 heterocycles. The lowest BCUT2D eigenvalue weighted by Crippen LogP contribution is -2.06. The fourth-order valence-corrected chi connectivity index (χ4v) is 2.33. The van der Waals surface area contributed by atoms with Crippen molar-refractivity contribution in [3.8, 4) is 10.9 Å². The molecule has 0 aliphatic rings. The Morgan fingerprint density at radius 2 is 2.24 bits per heavy atom. The zero-order chi connectivity index (χ0) is 12.3. The molecule has 0 radical (unpaired) electrons. The average molecular weight is 313 g/mol. The highest BCUT2D eigenvalue weighted by molar-refractivity contribution is 9.10. The number of hydrogen-bond donors (Lipinski definition) is 1. The molecule has 0 fully saturated rings. The quantitative estimate of drug-likeness (QED) is 0.941. The second-order valence-electron chi connectivity index (χ2n) is 3.22. The van der Waals surface area contributed by atoms with Gasteiger partial charge in [0.1, 0.15) is 4.60 Å². The van der Waals surface area contributed by atoms with E-state index >= 15 is 0 Å². The minimum absolute atomic E-state index is 0.138. The lowest BCUT2D eigenvalue weighted by atomic mass is 10.3. The molecule has 0 aliphatic heterocycles. The highest BCUT2D eigenvalue weighted by atomic mass is 79.9. The van der Waals surface area contributed by atoms with Crippen molar-refractivity contribution in [2.75, 3.05) is 5.32 Å². The number of nitrogens with one attached hydrogen (secondary N) is 1. The van der Waals surface area contributed by atoms with Gasteiger partial charge in [0, 0.05) is 12.3 Å². The first kappa shape index (κ1) is 12.1. The summed E-state index contributed by atoms with van der Waals surface area (Å²) >= 11 is 4.63. The molecule has 0 saturated carbocycles. The Morgan fingerprint density at radius 3 is 2.88 bits per heavy atom. The maximum atomic E-state index is 11.0. The van der Waals surface area contributed by atoms with Gasteiger partial charge in [0.25, 0.3) is 5.19 Å². The Hall–Kier alpha value is -1.40. The van der Waals surface area contributed by atoms with Gasteiger partial charge in [-0.15, -0.1) is 0 Å². The second kappa shape index (κ2) is 5.29. The number of hydrogen-bond acceptors (Lipinski definition) is 4. The van der Waals surface area contributed by atoms with E-state index in [1.54, 1.807) is 12.1 Å². The highest BCUT2D eigenvalue weighted by Crippen LogP contribution is 2.32. The van der Waals surface area contributed by atoms with Gasteiger partial charge >= 0.3 is 0 Å².